The van der Waals surface area contributed by atoms with Gasteiger partial charge in [-0.15, -0.1) is 16.4 Å². The van der Waals surface area contributed by atoms with E-state index in [9.17, 15) is 9.18 Å². The van der Waals surface area contributed by atoms with Gasteiger partial charge in [-0.3, -0.25) is 4.79 Å². The minimum absolute atomic E-state index is 0.0319. The van der Waals surface area contributed by atoms with E-state index >= 15 is 0 Å². The molecule has 1 N–H and O–H groups in total. The minimum Gasteiger partial charge on any atom is -0.493 e. The van der Waals surface area contributed by atoms with E-state index in [1.54, 1.807) is 30.9 Å². The number of nitrogens with zero attached hydrogens (tertiary/aromatic N) is 3. The van der Waals surface area contributed by atoms with Crippen LogP contribution in [0.2, 0.25) is 0 Å². The van der Waals surface area contributed by atoms with Crippen LogP contribution in [0.25, 0.3) is 16.3 Å². The number of benzene rings is 2. The second-order valence-electron chi connectivity index (χ2n) is 6.41. The average Bonchev–Trinajstić information content (AvgIpc) is 3.35. The summed E-state index contributed by atoms with van der Waals surface area (Å²) in [6.45, 7) is 0.352. The summed E-state index contributed by atoms with van der Waals surface area (Å²) >= 11 is 1.47. The Morgan fingerprint density at radius 3 is 2.73 bits per heavy atom. The van der Waals surface area contributed by atoms with Gasteiger partial charge in [0.2, 0.25) is 4.96 Å². The van der Waals surface area contributed by atoms with Crippen molar-refractivity contribution in [3.8, 4) is 22.9 Å². The normalized spacial score (nSPS) is 10.9. The Hall–Kier alpha value is -3.46. The molecule has 154 valence electrons. The van der Waals surface area contributed by atoms with E-state index in [4.69, 9.17) is 9.47 Å². The molecule has 7 nitrogen and oxygen atoms in total. The van der Waals surface area contributed by atoms with E-state index in [0.717, 1.165) is 16.2 Å². The van der Waals surface area contributed by atoms with Crippen LogP contribution in [0.15, 0.2) is 47.8 Å². The molecule has 0 unspecified atom stereocenters. The summed E-state index contributed by atoms with van der Waals surface area (Å²) in [6.07, 6.45) is 0.537. The number of ether oxygens (including phenoxy) is 2. The Bertz CT molecular complexity index is 1200. The molecule has 0 saturated carbocycles. The van der Waals surface area contributed by atoms with Gasteiger partial charge in [0.15, 0.2) is 17.3 Å². The molecule has 0 saturated heterocycles. The summed E-state index contributed by atoms with van der Waals surface area (Å²) in [5, 5.41) is 9.28. The van der Waals surface area contributed by atoms with Crippen LogP contribution in [0.4, 0.5) is 4.39 Å². The average molecular weight is 426 g/mol. The molecule has 9 heteroatoms. The maximum absolute atomic E-state index is 13.7. The number of fused-ring (bicyclic) bond motifs is 1. The van der Waals surface area contributed by atoms with Crippen molar-refractivity contribution >= 4 is 22.2 Å². The SMILES string of the molecule is COc1ccc(-c2nc3scc(CCNC(=O)c4ccccc4F)n3n2)cc1OC. The third kappa shape index (κ3) is 3.84. The number of halogens is 1. The highest BCUT2D eigenvalue weighted by Crippen LogP contribution is 2.31. The second-order valence-corrected chi connectivity index (χ2v) is 7.25. The molecule has 2 heterocycles. The quantitative estimate of drug-likeness (QED) is 0.489. The molecule has 30 heavy (non-hydrogen) atoms. The third-order valence-corrected chi connectivity index (χ3v) is 5.44. The molecule has 0 bridgehead atoms. The van der Waals surface area contributed by atoms with Gasteiger partial charge in [0, 0.05) is 23.9 Å². The van der Waals surface area contributed by atoms with Gasteiger partial charge in [0.1, 0.15) is 5.82 Å². The van der Waals surface area contributed by atoms with Gasteiger partial charge in [-0.25, -0.2) is 8.91 Å². The van der Waals surface area contributed by atoms with Crippen LogP contribution >= 0.6 is 11.3 Å². The monoisotopic (exact) mass is 426 g/mol. The van der Waals surface area contributed by atoms with Crippen molar-refractivity contribution in [1.82, 2.24) is 19.9 Å². The van der Waals surface area contributed by atoms with Gasteiger partial charge < -0.3 is 14.8 Å². The molecule has 0 aliphatic heterocycles. The molecule has 0 atom stereocenters. The number of thiazole rings is 1. The first-order valence-electron chi connectivity index (χ1n) is 9.19. The number of hydrogen-bond acceptors (Lipinski definition) is 6. The van der Waals surface area contributed by atoms with Crippen LogP contribution in [0, 0.1) is 5.82 Å². The summed E-state index contributed by atoms with van der Waals surface area (Å²) in [6, 6.07) is 11.4. The van der Waals surface area contributed by atoms with Crippen molar-refractivity contribution in [2.24, 2.45) is 0 Å². The molecule has 0 radical (unpaired) electrons. The van der Waals surface area contributed by atoms with E-state index in [0.29, 0.717) is 30.3 Å². The third-order valence-electron chi connectivity index (χ3n) is 4.58. The molecule has 0 fully saturated rings. The number of aromatic nitrogens is 3. The van der Waals surface area contributed by atoms with Crippen LogP contribution in [0.1, 0.15) is 16.1 Å². The number of methoxy groups -OCH3 is 2. The molecular formula is C21H19FN4O3S. The number of rotatable bonds is 7. The molecule has 4 aromatic rings. The number of nitrogens with one attached hydrogen (secondary N) is 1. The van der Waals surface area contributed by atoms with E-state index < -0.39 is 11.7 Å². The Morgan fingerprint density at radius 1 is 1.17 bits per heavy atom. The molecule has 0 spiro atoms. The predicted molar refractivity (Wildman–Crippen MR) is 112 cm³/mol. The van der Waals surface area contributed by atoms with Crippen molar-refractivity contribution in [2.45, 2.75) is 6.42 Å². The number of carbonyl (C=O) groups excluding carboxylic acids is 1. The first-order valence-corrected chi connectivity index (χ1v) is 10.1. The lowest BCUT2D eigenvalue weighted by Gasteiger charge is -2.07. The van der Waals surface area contributed by atoms with Crippen LogP contribution < -0.4 is 14.8 Å². The second kappa shape index (κ2) is 8.50. The summed E-state index contributed by atoms with van der Waals surface area (Å²) in [4.78, 5) is 17.5. The highest BCUT2D eigenvalue weighted by Gasteiger charge is 2.15. The van der Waals surface area contributed by atoms with E-state index in [1.807, 2.05) is 23.6 Å². The summed E-state index contributed by atoms with van der Waals surface area (Å²) in [5.74, 6) is 0.824. The number of hydrogen-bond donors (Lipinski definition) is 1. The van der Waals surface area contributed by atoms with Crippen LogP contribution in [-0.2, 0) is 6.42 Å². The lowest BCUT2D eigenvalue weighted by atomic mass is 10.2. The standard InChI is InChI=1S/C21H19FN4O3S/c1-28-17-8-7-13(11-18(17)29-2)19-24-21-26(25-19)14(12-30-21)9-10-23-20(27)15-5-3-4-6-16(15)22/h3-8,11-12H,9-10H2,1-2H3,(H,23,27). The molecule has 0 aliphatic carbocycles. The van der Waals surface area contributed by atoms with Crippen molar-refractivity contribution in [3.63, 3.8) is 0 Å². The van der Waals surface area contributed by atoms with Gasteiger partial charge >= 0.3 is 0 Å². The largest absolute Gasteiger partial charge is 0.493 e. The Morgan fingerprint density at radius 2 is 1.97 bits per heavy atom. The van der Waals surface area contributed by atoms with Crippen LogP contribution in [0.5, 0.6) is 11.5 Å². The lowest BCUT2D eigenvalue weighted by molar-refractivity contribution is 0.0950. The molecule has 2 aromatic carbocycles. The summed E-state index contributed by atoms with van der Waals surface area (Å²) in [5.41, 5.74) is 1.75. The molecule has 1 amide bonds. The topological polar surface area (TPSA) is 77.8 Å². The minimum atomic E-state index is -0.538. The smallest absolute Gasteiger partial charge is 0.254 e. The summed E-state index contributed by atoms with van der Waals surface area (Å²) in [7, 11) is 3.16. The molecule has 2 aromatic heterocycles. The first kappa shape index (κ1) is 19.8. The van der Waals surface area contributed by atoms with Gasteiger partial charge in [-0.1, -0.05) is 12.1 Å². The fraction of sp³-hybridized carbons (Fsp3) is 0.190. The zero-order valence-electron chi connectivity index (χ0n) is 16.4. The molecular weight excluding hydrogens is 407 g/mol. The fourth-order valence-corrected chi connectivity index (χ4v) is 3.90. The Balaban J connectivity index is 1.48. The van der Waals surface area contributed by atoms with Crippen molar-refractivity contribution in [2.75, 3.05) is 20.8 Å². The first-order chi connectivity index (χ1) is 14.6. The summed E-state index contributed by atoms with van der Waals surface area (Å²) < 4.78 is 26.1. The lowest BCUT2D eigenvalue weighted by Crippen LogP contribution is -2.26. The van der Waals surface area contributed by atoms with Crippen molar-refractivity contribution < 1.29 is 18.7 Å². The van der Waals surface area contributed by atoms with E-state index in [2.05, 4.69) is 15.4 Å². The zero-order valence-corrected chi connectivity index (χ0v) is 17.2. The Labute approximate surface area is 176 Å². The maximum Gasteiger partial charge on any atom is 0.254 e. The fourth-order valence-electron chi connectivity index (χ4n) is 3.04. The van der Waals surface area contributed by atoms with E-state index in [-0.39, 0.29) is 5.56 Å². The number of carbonyl (C=O) groups is 1. The number of amides is 1. The van der Waals surface area contributed by atoms with Crippen LogP contribution in [-0.4, -0.2) is 41.3 Å². The van der Waals surface area contributed by atoms with Gasteiger partial charge in [0.25, 0.3) is 5.91 Å². The van der Waals surface area contributed by atoms with Gasteiger partial charge in [0.05, 0.1) is 25.5 Å². The predicted octanol–water partition coefficient (Wildman–Crippen LogP) is 3.59. The highest BCUT2D eigenvalue weighted by atomic mass is 32.1. The van der Waals surface area contributed by atoms with E-state index in [1.165, 1.54) is 23.5 Å². The van der Waals surface area contributed by atoms with Crippen molar-refractivity contribution in [1.29, 1.82) is 0 Å². The molecule has 4 rings (SSSR count). The van der Waals surface area contributed by atoms with Gasteiger partial charge in [-0.2, -0.15) is 4.98 Å². The zero-order chi connectivity index (χ0) is 21.1. The Kier molecular flexibility index (Phi) is 5.62. The highest BCUT2D eigenvalue weighted by molar-refractivity contribution is 7.15. The maximum atomic E-state index is 13.7. The van der Waals surface area contributed by atoms with Gasteiger partial charge in [-0.05, 0) is 30.3 Å². The van der Waals surface area contributed by atoms with Crippen molar-refractivity contribution in [3.05, 3.63) is 64.9 Å². The molecule has 0 aliphatic rings. The van der Waals surface area contributed by atoms with Crippen LogP contribution in [0.3, 0.4) is 0 Å².